The third-order valence-electron chi connectivity index (χ3n) is 2.62. The summed E-state index contributed by atoms with van der Waals surface area (Å²) in [6.07, 6.45) is 5.12. The maximum atomic E-state index is 4.48. The Morgan fingerprint density at radius 2 is 2.18 bits per heavy atom. The Morgan fingerprint density at radius 3 is 2.82 bits per heavy atom. The van der Waals surface area contributed by atoms with Crippen molar-refractivity contribution in [3.8, 4) is 0 Å². The van der Waals surface area contributed by atoms with Gasteiger partial charge < -0.3 is 5.32 Å². The Labute approximate surface area is 101 Å². The summed E-state index contributed by atoms with van der Waals surface area (Å²) in [6.45, 7) is 5.87. The van der Waals surface area contributed by atoms with Gasteiger partial charge in [-0.25, -0.2) is 0 Å². The number of hydrogen-bond donors (Lipinski definition) is 1. The molecule has 0 saturated heterocycles. The Morgan fingerprint density at radius 1 is 1.35 bits per heavy atom. The number of aryl methyl sites for hydroxylation is 3. The fourth-order valence-electron chi connectivity index (χ4n) is 1.81. The molecular formula is C12H19N5. The minimum atomic E-state index is 0.739. The van der Waals surface area contributed by atoms with Gasteiger partial charge in [0.05, 0.1) is 23.6 Å². The standard InChI is InChI=1S/C12H19N5/c1-4-6-17-7-5-11(15-17)8-13-12-9-16(3)14-10(12)2/h5,7,9,13H,4,6,8H2,1-3H3. The highest BCUT2D eigenvalue weighted by molar-refractivity contribution is 5.45. The Balaban J connectivity index is 1.95. The van der Waals surface area contributed by atoms with Crippen molar-refractivity contribution in [3.05, 3.63) is 29.8 Å². The van der Waals surface area contributed by atoms with E-state index in [0.717, 1.165) is 36.6 Å². The highest BCUT2D eigenvalue weighted by Crippen LogP contribution is 2.12. The molecular weight excluding hydrogens is 214 g/mol. The summed E-state index contributed by atoms with van der Waals surface area (Å²) in [4.78, 5) is 0. The Hall–Kier alpha value is -1.78. The quantitative estimate of drug-likeness (QED) is 0.858. The van der Waals surface area contributed by atoms with Crippen molar-refractivity contribution in [2.75, 3.05) is 5.32 Å². The molecule has 1 N–H and O–H groups in total. The third kappa shape index (κ3) is 2.87. The molecule has 0 atom stereocenters. The van der Waals surface area contributed by atoms with Gasteiger partial charge in [-0.1, -0.05) is 6.92 Å². The molecule has 0 unspecified atom stereocenters. The van der Waals surface area contributed by atoms with Gasteiger partial charge in [-0.15, -0.1) is 0 Å². The molecule has 92 valence electrons. The molecule has 0 aliphatic heterocycles. The van der Waals surface area contributed by atoms with Crippen LogP contribution in [0.4, 0.5) is 5.69 Å². The van der Waals surface area contributed by atoms with E-state index in [1.807, 2.05) is 41.8 Å². The maximum absolute atomic E-state index is 4.48. The molecule has 0 bridgehead atoms. The SMILES string of the molecule is CCCn1ccc(CNc2cn(C)nc2C)n1. The lowest BCUT2D eigenvalue weighted by Crippen LogP contribution is -2.03. The Bertz CT molecular complexity index is 483. The minimum Gasteiger partial charge on any atom is -0.377 e. The third-order valence-corrected chi connectivity index (χ3v) is 2.62. The first-order valence-corrected chi connectivity index (χ1v) is 5.95. The summed E-state index contributed by atoms with van der Waals surface area (Å²) in [5, 5.41) is 12.1. The maximum Gasteiger partial charge on any atom is 0.0825 e. The second kappa shape index (κ2) is 5.03. The normalized spacial score (nSPS) is 10.8. The number of hydrogen-bond acceptors (Lipinski definition) is 3. The number of aromatic nitrogens is 4. The summed E-state index contributed by atoms with van der Waals surface area (Å²) >= 11 is 0. The molecule has 2 aromatic heterocycles. The molecule has 0 aliphatic carbocycles. The highest BCUT2D eigenvalue weighted by atomic mass is 15.3. The number of rotatable bonds is 5. The van der Waals surface area contributed by atoms with Crippen molar-refractivity contribution in [2.45, 2.75) is 33.4 Å². The summed E-state index contributed by atoms with van der Waals surface area (Å²) in [5.41, 5.74) is 3.14. The molecule has 2 aromatic rings. The number of nitrogens with zero attached hydrogens (tertiary/aromatic N) is 4. The zero-order valence-corrected chi connectivity index (χ0v) is 10.6. The fraction of sp³-hybridized carbons (Fsp3) is 0.500. The van der Waals surface area contributed by atoms with Gasteiger partial charge in [0.25, 0.3) is 0 Å². The smallest absolute Gasteiger partial charge is 0.0825 e. The average molecular weight is 233 g/mol. The zero-order valence-electron chi connectivity index (χ0n) is 10.6. The van der Waals surface area contributed by atoms with Crippen LogP contribution in [0.3, 0.4) is 0 Å². The van der Waals surface area contributed by atoms with Crippen LogP contribution in [0.25, 0.3) is 0 Å². The average Bonchev–Trinajstić information content (AvgIpc) is 2.83. The minimum absolute atomic E-state index is 0.739. The van der Waals surface area contributed by atoms with Gasteiger partial charge in [0.15, 0.2) is 0 Å². The van der Waals surface area contributed by atoms with E-state index >= 15 is 0 Å². The number of nitrogens with one attached hydrogen (secondary N) is 1. The first-order chi connectivity index (χ1) is 8.19. The lowest BCUT2D eigenvalue weighted by Gasteiger charge is -2.01. The van der Waals surface area contributed by atoms with Gasteiger partial charge in [-0.3, -0.25) is 9.36 Å². The van der Waals surface area contributed by atoms with Crippen LogP contribution in [0, 0.1) is 6.92 Å². The van der Waals surface area contributed by atoms with E-state index in [4.69, 9.17) is 0 Å². The summed E-state index contributed by atoms with van der Waals surface area (Å²) in [6, 6.07) is 2.05. The molecule has 5 nitrogen and oxygen atoms in total. The largest absolute Gasteiger partial charge is 0.377 e. The molecule has 17 heavy (non-hydrogen) atoms. The summed E-state index contributed by atoms with van der Waals surface area (Å²) < 4.78 is 3.79. The highest BCUT2D eigenvalue weighted by Gasteiger charge is 2.03. The number of anilines is 1. The van der Waals surface area contributed by atoms with Gasteiger partial charge >= 0.3 is 0 Å². The second-order valence-corrected chi connectivity index (χ2v) is 4.23. The van der Waals surface area contributed by atoms with Crippen molar-refractivity contribution in [3.63, 3.8) is 0 Å². The van der Waals surface area contributed by atoms with E-state index in [1.165, 1.54) is 0 Å². The summed E-state index contributed by atoms with van der Waals surface area (Å²) in [7, 11) is 1.92. The van der Waals surface area contributed by atoms with E-state index in [1.54, 1.807) is 0 Å². The van der Waals surface area contributed by atoms with E-state index in [2.05, 4.69) is 22.4 Å². The van der Waals surface area contributed by atoms with Crippen LogP contribution in [-0.4, -0.2) is 19.6 Å². The second-order valence-electron chi connectivity index (χ2n) is 4.23. The molecule has 2 heterocycles. The van der Waals surface area contributed by atoms with Crippen molar-refractivity contribution in [2.24, 2.45) is 7.05 Å². The molecule has 5 heteroatoms. The van der Waals surface area contributed by atoms with Crippen molar-refractivity contribution >= 4 is 5.69 Å². The Kier molecular flexibility index (Phi) is 3.46. The van der Waals surface area contributed by atoms with Crippen LogP contribution in [0.15, 0.2) is 18.5 Å². The van der Waals surface area contributed by atoms with Crippen LogP contribution in [0.2, 0.25) is 0 Å². The van der Waals surface area contributed by atoms with Crippen molar-refractivity contribution < 1.29 is 0 Å². The van der Waals surface area contributed by atoms with E-state index in [0.29, 0.717) is 0 Å². The van der Waals surface area contributed by atoms with Gasteiger partial charge in [-0.2, -0.15) is 10.2 Å². The molecule has 0 radical (unpaired) electrons. The molecule has 0 fully saturated rings. The van der Waals surface area contributed by atoms with E-state index in [9.17, 15) is 0 Å². The lowest BCUT2D eigenvalue weighted by atomic mass is 10.3. The fourth-order valence-corrected chi connectivity index (χ4v) is 1.81. The van der Waals surface area contributed by atoms with E-state index in [-0.39, 0.29) is 0 Å². The molecule has 0 saturated carbocycles. The van der Waals surface area contributed by atoms with Gasteiger partial charge in [0.2, 0.25) is 0 Å². The van der Waals surface area contributed by atoms with Crippen LogP contribution in [0.5, 0.6) is 0 Å². The lowest BCUT2D eigenvalue weighted by molar-refractivity contribution is 0.595. The zero-order chi connectivity index (χ0) is 12.3. The van der Waals surface area contributed by atoms with Gasteiger partial charge in [0, 0.05) is 26.0 Å². The topological polar surface area (TPSA) is 47.7 Å². The molecule has 0 spiro atoms. The predicted octanol–water partition coefficient (Wildman–Crippen LogP) is 1.95. The molecule has 0 aromatic carbocycles. The van der Waals surface area contributed by atoms with Crippen LogP contribution in [0.1, 0.15) is 24.7 Å². The molecule has 0 aliphatic rings. The van der Waals surface area contributed by atoms with Crippen molar-refractivity contribution in [1.29, 1.82) is 0 Å². The van der Waals surface area contributed by atoms with Crippen LogP contribution < -0.4 is 5.32 Å². The first-order valence-electron chi connectivity index (χ1n) is 5.95. The van der Waals surface area contributed by atoms with Gasteiger partial charge in [0.1, 0.15) is 0 Å². The first kappa shape index (κ1) is 11.7. The van der Waals surface area contributed by atoms with Gasteiger partial charge in [-0.05, 0) is 19.4 Å². The molecule has 0 amide bonds. The van der Waals surface area contributed by atoms with Crippen LogP contribution >= 0.6 is 0 Å². The molecule has 2 rings (SSSR count). The van der Waals surface area contributed by atoms with Crippen LogP contribution in [-0.2, 0) is 20.1 Å². The van der Waals surface area contributed by atoms with E-state index < -0.39 is 0 Å². The predicted molar refractivity (Wildman–Crippen MR) is 67.8 cm³/mol. The monoisotopic (exact) mass is 233 g/mol. The summed E-state index contributed by atoms with van der Waals surface area (Å²) in [5.74, 6) is 0. The van der Waals surface area contributed by atoms with Crippen molar-refractivity contribution in [1.82, 2.24) is 19.6 Å².